The lowest BCUT2D eigenvalue weighted by atomic mass is 9.67. The number of hydrogen-bond acceptors (Lipinski definition) is 1. The smallest absolute Gasteiger partial charge is 0.140 e. The first-order valence-electron chi connectivity index (χ1n) is 6.99. The second kappa shape index (κ2) is 3.05. The molecule has 0 aromatic carbocycles. The van der Waals surface area contributed by atoms with Crippen LogP contribution in [0.25, 0.3) is 0 Å². The molecule has 0 saturated heterocycles. The highest BCUT2D eigenvalue weighted by atomic mass is 16.1. The van der Waals surface area contributed by atoms with Gasteiger partial charge in [0, 0.05) is 11.8 Å². The van der Waals surface area contributed by atoms with Crippen molar-refractivity contribution in [2.75, 3.05) is 0 Å². The maximum absolute atomic E-state index is 12.5. The van der Waals surface area contributed by atoms with Crippen LogP contribution in [0, 0.1) is 28.1 Å². The van der Waals surface area contributed by atoms with Gasteiger partial charge in [-0.1, -0.05) is 26.8 Å². The van der Waals surface area contributed by atoms with Gasteiger partial charge in [0.15, 0.2) is 0 Å². The van der Waals surface area contributed by atoms with E-state index in [0.29, 0.717) is 22.5 Å². The monoisotopic (exact) mass is 232 g/mol. The van der Waals surface area contributed by atoms with Crippen molar-refractivity contribution in [1.29, 1.82) is 0 Å². The first kappa shape index (κ1) is 11.5. The summed E-state index contributed by atoms with van der Waals surface area (Å²) in [4.78, 5) is 12.5. The van der Waals surface area contributed by atoms with Gasteiger partial charge in [-0.05, 0) is 48.3 Å². The normalized spacial score (nSPS) is 50.6. The lowest BCUT2D eigenvalue weighted by Gasteiger charge is -2.36. The molecule has 17 heavy (non-hydrogen) atoms. The molecule has 3 rings (SSSR count). The molecule has 0 aliphatic heterocycles. The fourth-order valence-electron chi connectivity index (χ4n) is 5.24. The molecule has 1 heteroatoms. The molecule has 0 aromatic rings. The quantitative estimate of drug-likeness (QED) is 0.658. The topological polar surface area (TPSA) is 17.1 Å². The molecule has 1 nitrogen and oxygen atoms in total. The second-order valence-electron chi connectivity index (χ2n) is 7.74. The van der Waals surface area contributed by atoms with Gasteiger partial charge in [0.25, 0.3) is 0 Å². The van der Waals surface area contributed by atoms with Crippen LogP contribution in [0.2, 0.25) is 0 Å². The Bertz CT molecular complexity index is 394. The molecule has 3 fully saturated rings. The molecule has 0 N–H and O–H groups in total. The van der Waals surface area contributed by atoms with Crippen LogP contribution in [-0.4, -0.2) is 5.78 Å². The van der Waals surface area contributed by atoms with E-state index >= 15 is 0 Å². The zero-order valence-corrected chi connectivity index (χ0v) is 11.4. The van der Waals surface area contributed by atoms with Crippen LogP contribution in [0.15, 0.2) is 12.7 Å². The van der Waals surface area contributed by atoms with Crippen LogP contribution in [0.4, 0.5) is 0 Å². The summed E-state index contributed by atoms with van der Waals surface area (Å²) >= 11 is 0. The summed E-state index contributed by atoms with van der Waals surface area (Å²) in [5.41, 5.74) is 0.747. The van der Waals surface area contributed by atoms with E-state index < -0.39 is 0 Å². The molecule has 0 spiro atoms. The van der Waals surface area contributed by atoms with Crippen molar-refractivity contribution in [3.8, 4) is 0 Å². The van der Waals surface area contributed by atoms with Crippen molar-refractivity contribution < 1.29 is 4.79 Å². The van der Waals surface area contributed by atoms with Gasteiger partial charge in [0.05, 0.1) is 0 Å². The minimum absolute atomic E-state index is 0.00363. The Hall–Kier alpha value is -0.590. The van der Waals surface area contributed by atoms with E-state index in [1.807, 2.05) is 6.08 Å². The fourth-order valence-corrected chi connectivity index (χ4v) is 5.24. The number of carbonyl (C=O) groups is 1. The average Bonchev–Trinajstić information content (AvgIpc) is 2.69. The van der Waals surface area contributed by atoms with E-state index in [1.165, 1.54) is 12.8 Å². The molecule has 3 saturated carbocycles. The molecular formula is C16H24O. The van der Waals surface area contributed by atoms with Gasteiger partial charge >= 0.3 is 0 Å². The van der Waals surface area contributed by atoms with Crippen molar-refractivity contribution in [1.82, 2.24) is 0 Å². The van der Waals surface area contributed by atoms with E-state index in [0.717, 1.165) is 25.2 Å². The molecular weight excluding hydrogens is 208 g/mol. The van der Waals surface area contributed by atoms with Gasteiger partial charge in [-0.3, -0.25) is 4.79 Å². The van der Waals surface area contributed by atoms with E-state index in [9.17, 15) is 4.79 Å². The lowest BCUT2D eigenvalue weighted by Crippen LogP contribution is -2.36. The molecule has 0 radical (unpaired) electrons. The minimum atomic E-state index is -0.00363. The van der Waals surface area contributed by atoms with Crippen molar-refractivity contribution in [2.24, 2.45) is 28.1 Å². The second-order valence-corrected chi connectivity index (χ2v) is 7.74. The fraction of sp³-hybridized carbons (Fsp3) is 0.812. The predicted molar refractivity (Wildman–Crippen MR) is 69.6 cm³/mol. The minimum Gasteiger partial charge on any atom is -0.299 e. The Morgan fingerprint density at radius 3 is 2.71 bits per heavy atom. The van der Waals surface area contributed by atoms with Gasteiger partial charge < -0.3 is 0 Å². The van der Waals surface area contributed by atoms with Gasteiger partial charge in [-0.15, -0.1) is 6.58 Å². The Labute approximate surface area is 105 Å². The zero-order valence-electron chi connectivity index (χ0n) is 11.4. The first-order valence-corrected chi connectivity index (χ1v) is 6.99. The van der Waals surface area contributed by atoms with Crippen LogP contribution < -0.4 is 0 Å². The number of allylic oxidation sites excluding steroid dienone is 1. The number of Topliss-reactive ketones (excluding diaryl/α,β-unsaturated/α-hetero) is 1. The van der Waals surface area contributed by atoms with Gasteiger partial charge in [0.1, 0.15) is 5.78 Å². The maximum Gasteiger partial charge on any atom is 0.140 e. The molecule has 3 aliphatic carbocycles. The van der Waals surface area contributed by atoms with Crippen LogP contribution in [0.1, 0.15) is 52.9 Å². The Balaban J connectivity index is 1.94. The number of ketones is 1. The third-order valence-corrected chi connectivity index (χ3v) is 6.09. The summed E-state index contributed by atoms with van der Waals surface area (Å²) in [6.45, 7) is 11.0. The third kappa shape index (κ3) is 1.29. The number of rotatable bonds is 2. The van der Waals surface area contributed by atoms with Gasteiger partial charge in [0.2, 0.25) is 0 Å². The number of hydrogen-bond donors (Lipinski definition) is 0. The molecule has 0 bridgehead atoms. The molecule has 4 atom stereocenters. The Morgan fingerprint density at radius 2 is 2.06 bits per heavy atom. The summed E-state index contributed by atoms with van der Waals surface area (Å²) in [6.07, 6.45) is 7.42. The molecule has 94 valence electrons. The van der Waals surface area contributed by atoms with E-state index in [2.05, 4.69) is 27.4 Å². The first-order chi connectivity index (χ1) is 7.85. The molecule has 3 aliphatic rings. The number of carbonyl (C=O) groups excluding carboxylic acids is 1. The Morgan fingerprint density at radius 1 is 1.35 bits per heavy atom. The van der Waals surface area contributed by atoms with Crippen LogP contribution in [-0.2, 0) is 4.79 Å². The van der Waals surface area contributed by atoms with Gasteiger partial charge in [-0.2, -0.15) is 0 Å². The maximum atomic E-state index is 12.5. The zero-order chi connectivity index (χ0) is 12.5. The predicted octanol–water partition coefficient (Wildman–Crippen LogP) is 3.98. The van der Waals surface area contributed by atoms with Crippen LogP contribution >= 0.6 is 0 Å². The third-order valence-electron chi connectivity index (χ3n) is 6.09. The van der Waals surface area contributed by atoms with Crippen LogP contribution in [0.3, 0.4) is 0 Å². The summed E-state index contributed by atoms with van der Waals surface area (Å²) < 4.78 is 0. The van der Waals surface area contributed by atoms with Gasteiger partial charge in [-0.25, -0.2) is 0 Å². The van der Waals surface area contributed by atoms with E-state index in [-0.39, 0.29) is 5.41 Å². The van der Waals surface area contributed by atoms with Crippen molar-refractivity contribution >= 4 is 5.78 Å². The highest BCUT2D eigenvalue weighted by molar-refractivity contribution is 5.90. The summed E-state index contributed by atoms with van der Waals surface area (Å²) in [5.74, 6) is 2.00. The summed E-state index contributed by atoms with van der Waals surface area (Å²) in [6, 6.07) is 0. The van der Waals surface area contributed by atoms with Crippen LogP contribution in [0.5, 0.6) is 0 Å². The average molecular weight is 232 g/mol. The largest absolute Gasteiger partial charge is 0.299 e. The molecule has 0 unspecified atom stereocenters. The summed E-state index contributed by atoms with van der Waals surface area (Å²) in [5, 5.41) is 0. The highest BCUT2D eigenvalue weighted by Crippen LogP contribution is 2.77. The summed E-state index contributed by atoms with van der Waals surface area (Å²) in [7, 11) is 0. The molecule has 0 heterocycles. The highest BCUT2D eigenvalue weighted by Gasteiger charge is 2.74. The SMILES string of the molecule is C=CC[C@@]12C[C@]1(C)[C@H]1CC(C)(C)C[C@H]1CC2=O. The number of fused-ring (bicyclic) bond motifs is 3. The molecule has 0 amide bonds. The lowest BCUT2D eigenvalue weighted by molar-refractivity contribution is -0.130. The van der Waals surface area contributed by atoms with E-state index in [4.69, 9.17) is 0 Å². The Kier molecular flexibility index (Phi) is 2.06. The standard InChI is InChI=1S/C16H24O/c1-5-6-16-10-15(16,4)12-9-14(2,3)8-11(12)7-13(16)17/h5,11-12H,1,6-10H2,2-4H3/t11-,12+,15-,16+/m1/s1. The van der Waals surface area contributed by atoms with Crippen molar-refractivity contribution in [2.45, 2.75) is 52.9 Å². The van der Waals surface area contributed by atoms with Crippen molar-refractivity contribution in [3.63, 3.8) is 0 Å². The van der Waals surface area contributed by atoms with E-state index in [1.54, 1.807) is 0 Å². The van der Waals surface area contributed by atoms with Crippen molar-refractivity contribution in [3.05, 3.63) is 12.7 Å². The molecule has 0 aromatic heterocycles.